The predicted octanol–water partition coefficient (Wildman–Crippen LogP) is 5.20. The lowest BCUT2D eigenvalue weighted by atomic mass is 9.98. The van der Waals surface area contributed by atoms with Gasteiger partial charge in [-0.2, -0.15) is 5.10 Å². The smallest absolute Gasteiger partial charge is 0.246 e. The van der Waals surface area contributed by atoms with Crippen LogP contribution in [-0.4, -0.2) is 49.4 Å². The van der Waals surface area contributed by atoms with E-state index in [0.717, 1.165) is 29.5 Å². The number of nitrogen functional groups attached to an aromatic ring is 1. The van der Waals surface area contributed by atoms with Crippen LogP contribution in [-0.2, 0) is 11.2 Å². The molecular formula is C29H29ClN6O2. The van der Waals surface area contributed by atoms with Crippen LogP contribution in [0.5, 0.6) is 0 Å². The highest BCUT2D eigenvalue weighted by atomic mass is 35.5. The lowest BCUT2D eigenvalue weighted by molar-refractivity contribution is -0.127. The highest BCUT2D eigenvalue weighted by Crippen LogP contribution is 2.34. The summed E-state index contributed by atoms with van der Waals surface area (Å²) in [5.74, 6) is 0.345. The van der Waals surface area contributed by atoms with Crippen LogP contribution in [0.4, 0.5) is 5.82 Å². The third kappa shape index (κ3) is 5.04. The number of amides is 1. The maximum Gasteiger partial charge on any atom is 0.246 e. The molecule has 1 unspecified atom stereocenters. The van der Waals surface area contributed by atoms with Crippen molar-refractivity contribution < 1.29 is 9.59 Å². The summed E-state index contributed by atoms with van der Waals surface area (Å²) in [6.07, 6.45) is 5.53. The van der Waals surface area contributed by atoms with Gasteiger partial charge in [-0.3, -0.25) is 9.59 Å². The molecule has 5 rings (SSSR count). The summed E-state index contributed by atoms with van der Waals surface area (Å²) in [5, 5.41) is 6.18. The van der Waals surface area contributed by atoms with Crippen LogP contribution in [0, 0.1) is 6.92 Å². The van der Waals surface area contributed by atoms with E-state index in [-0.39, 0.29) is 17.7 Å². The number of carbonyl (C=O) groups is 2. The minimum absolute atomic E-state index is 0.0292. The van der Waals surface area contributed by atoms with Crippen LogP contribution in [0.3, 0.4) is 0 Å². The SMILES string of the molecule is C=CC(=O)N1CCCC(n2nc(-c3ccc(CCC(=O)c4cc(Cl)ccc4C)cc3)c3c(N)ncnc32)C1. The molecule has 8 nitrogen and oxygen atoms in total. The number of carbonyl (C=O) groups excluding carboxylic acids is 2. The molecule has 9 heteroatoms. The Kier molecular flexibility index (Phi) is 7.24. The number of nitrogens with two attached hydrogens (primary N) is 1. The van der Waals surface area contributed by atoms with Gasteiger partial charge in [-0.15, -0.1) is 0 Å². The van der Waals surface area contributed by atoms with Gasteiger partial charge in [0.25, 0.3) is 0 Å². The number of ketones is 1. The number of aryl methyl sites for hydroxylation is 2. The van der Waals surface area contributed by atoms with Crippen LogP contribution in [0.1, 0.15) is 46.8 Å². The molecule has 2 aromatic carbocycles. The molecule has 1 fully saturated rings. The number of anilines is 1. The van der Waals surface area contributed by atoms with E-state index in [2.05, 4.69) is 16.5 Å². The predicted molar refractivity (Wildman–Crippen MR) is 149 cm³/mol. The topological polar surface area (TPSA) is 107 Å². The van der Waals surface area contributed by atoms with Gasteiger partial charge in [0.1, 0.15) is 17.8 Å². The summed E-state index contributed by atoms with van der Waals surface area (Å²) in [7, 11) is 0. The van der Waals surface area contributed by atoms with Crippen LogP contribution >= 0.6 is 11.6 Å². The number of Topliss-reactive ketones (excluding diaryl/α,β-unsaturated/α-hetero) is 1. The number of nitrogens with zero attached hydrogens (tertiary/aromatic N) is 5. The van der Waals surface area contributed by atoms with Gasteiger partial charge in [0.2, 0.25) is 5.91 Å². The second-order valence-corrected chi connectivity index (χ2v) is 10.1. The van der Waals surface area contributed by atoms with Crippen molar-refractivity contribution in [3.05, 3.63) is 83.2 Å². The number of rotatable bonds is 7. The average Bonchev–Trinajstić information content (AvgIpc) is 3.34. The van der Waals surface area contributed by atoms with Crippen molar-refractivity contribution in [2.75, 3.05) is 18.8 Å². The van der Waals surface area contributed by atoms with Gasteiger partial charge in [-0.1, -0.05) is 48.5 Å². The number of hydrogen-bond acceptors (Lipinski definition) is 6. The standard InChI is InChI=1S/C29H29ClN6O2/c1-3-25(38)35-14-4-5-22(16-35)36-29-26(28(31)32-17-33-29)27(34-36)20-10-7-19(8-11-20)9-13-24(37)23-15-21(30)12-6-18(23)2/h3,6-8,10-12,15,17,22H,1,4-5,9,13-14,16H2,2H3,(H2,31,32,33). The molecule has 0 saturated carbocycles. The normalized spacial score (nSPS) is 15.5. The Morgan fingerprint density at radius 1 is 1.18 bits per heavy atom. The van der Waals surface area contributed by atoms with Crippen LogP contribution < -0.4 is 5.73 Å². The molecule has 1 amide bonds. The van der Waals surface area contributed by atoms with Gasteiger partial charge in [-0.25, -0.2) is 14.6 Å². The lowest BCUT2D eigenvalue weighted by Gasteiger charge is -2.32. The summed E-state index contributed by atoms with van der Waals surface area (Å²) in [6, 6.07) is 13.3. The zero-order chi connectivity index (χ0) is 26.8. The molecule has 1 aliphatic rings. The van der Waals surface area contributed by atoms with E-state index in [1.807, 2.05) is 41.9 Å². The number of fused-ring (bicyclic) bond motifs is 1. The van der Waals surface area contributed by atoms with Crippen LogP contribution in [0.15, 0.2) is 61.4 Å². The first kappa shape index (κ1) is 25.6. The van der Waals surface area contributed by atoms with E-state index in [9.17, 15) is 9.59 Å². The molecule has 0 aliphatic carbocycles. The largest absolute Gasteiger partial charge is 0.383 e. The number of likely N-dealkylation sites (tertiary alicyclic amines) is 1. The van der Waals surface area contributed by atoms with Gasteiger partial charge < -0.3 is 10.6 Å². The lowest BCUT2D eigenvalue weighted by Crippen LogP contribution is -2.40. The second-order valence-electron chi connectivity index (χ2n) is 9.61. The molecule has 0 spiro atoms. The Balaban J connectivity index is 1.39. The van der Waals surface area contributed by atoms with E-state index in [1.165, 1.54) is 12.4 Å². The number of aromatic nitrogens is 4. The van der Waals surface area contributed by atoms with E-state index in [0.29, 0.717) is 59.1 Å². The Morgan fingerprint density at radius 3 is 2.74 bits per heavy atom. The molecule has 2 aromatic heterocycles. The monoisotopic (exact) mass is 528 g/mol. The molecule has 1 saturated heterocycles. The summed E-state index contributed by atoms with van der Waals surface area (Å²) in [4.78, 5) is 35.5. The highest BCUT2D eigenvalue weighted by Gasteiger charge is 2.28. The zero-order valence-electron chi connectivity index (χ0n) is 21.2. The Labute approximate surface area is 226 Å². The highest BCUT2D eigenvalue weighted by molar-refractivity contribution is 6.31. The number of benzene rings is 2. The summed E-state index contributed by atoms with van der Waals surface area (Å²) in [5.41, 5.74) is 11.2. The minimum atomic E-state index is -0.0832. The first-order valence-electron chi connectivity index (χ1n) is 12.6. The molecule has 194 valence electrons. The van der Waals surface area contributed by atoms with Gasteiger partial charge in [0.05, 0.1) is 11.4 Å². The molecule has 3 heterocycles. The number of hydrogen-bond donors (Lipinski definition) is 1. The van der Waals surface area contributed by atoms with E-state index >= 15 is 0 Å². The van der Waals surface area contributed by atoms with E-state index < -0.39 is 0 Å². The molecule has 2 N–H and O–H groups in total. The number of piperidine rings is 1. The molecule has 1 aliphatic heterocycles. The molecule has 4 aromatic rings. The van der Waals surface area contributed by atoms with Crippen molar-refractivity contribution in [3.8, 4) is 11.3 Å². The first-order valence-corrected chi connectivity index (χ1v) is 13.0. The fourth-order valence-electron chi connectivity index (χ4n) is 5.05. The average molecular weight is 529 g/mol. The van der Waals surface area contributed by atoms with Gasteiger partial charge in [0, 0.05) is 35.7 Å². The Bertz CT molecular complexity index is 1530. The summed E-state index contributed by atoms with van der Waals surface area (Å²) in [6.45, 7) is 6.76. The first-order chi connectivity index (χ1) is 18.4. The van der Waals surface area contributed by atoms with Gasteiger partial charge in [-0.05, 0) is 55.5 Å². The van der Waals surface area contributed by atoms with Crippen molar-refractivity contribution in [1.82, 2.24) is 24.6 Å². The quantitative estimate of drug-likeness (QED) is 0.261. The van der Waals surface area contributed by atoms with Crippen LogP contribution in [0.2, 0.25) is 5.02 Å². The van der Waals surface area contributed by atoms with Gasteiger partial charge >= 0.3 is 0 Å². The van der Waals surface area contributed by atoms with Crippen molar-refractivity contribution in [2.45, 2.75) is 38.6 Å². The molecule has 38 heavy (non-hydrogen) atoms. The second kappa shape index (κ2) is 10.8. The third-order valence-electron chi connectivity index (χ3n) is 7.11. The fourth-order valence-corrected chi connectivity index (χ4v) is 5.22. The molecule has 0 radical (unpaired) electrons. The Hall–Kier alpha value is -4.04. The van der Waals surface area contributed by atoms with E-state index in [4.69, 9.17) is 22.4 Å². The number of halogens is 1. The third-order valence-corrected chi connectivity index (χ3v) is 7.35. The maximum atomic E-state index is 12.8. The summed E-state index contributed by atoms with van der Waals surface area (Å²) < 4.78 is 1.88. The summed E-state index contributed by atoms with van der Waals surface area (Å²) >= 11 is 6.09. The molecule has 1 atom stereocenters. The van der Waals surface area contributed by atoms with Crippen LogP contribution in [0.25, 0.3) is 22.3 Å². The van der Waals surface area contributed by atoms with Crippen molar-refractivity contribution in [1.29, 1.82) is 0 Å². The maximum absolute atomic E-state index is 12.8. The fraction of sp³-hybridized carbons (Fsp3) is 0.276. The van der Waals surface area contributed by atoms with E-state index in [1.54, 1.807) is 17.0 Å². The van der Waals surface area contributed by atoms with Crippen molar-refractivity contribution in [3.63, 3.8) is 0 Å². The van der Waals surface area contributed by atoms with Crippen molar-refractivity contribution in [2.24, 2.45) is 0 Å². The van der Waals surface area contributed by atoms with Gasteiger partial charge in [0.15, 0.2) is 11.4 Å². The minimum Gasteiger partial charge on any atom is -0.383 e. The molecular weight excluding hydrogens is 500 g/mol. The Morgan fingerprint density at radius 2 is 1.97 bits per heavy atom. The zero-order valence-corrected chi connectivity index (χ0v) is 22.0. The van der Waals surface area contributed by atoms with Crippen molar-refractivity contribution >= 4 is 40.1 Å². The molecule has 0 bridgehead atoms.